The zero-order chi connectivity index (χ0) is 55.4. The van der Waals surface area contributed by atoms with Crippen molar-refractivity contribution in [2.45, 2.75) is 105 Å². The van der Waals surface area contributed by atoms with Crippen LogP contribution < -0.4 is 18.9 Å². The van der Waals surface area contributed by atoms with Gasteiger partial charge in [0.1, 0.15) is 61.5 Å². The lowest BCUT2D eigenvalue weighted by atomic mass is 9.92. The molecule has 0 aliphatic heterocycles. The number of nitrogens with zero attached hydrogens (tertiary/aromatic N) is 5. The molecule has 408 valence electrons. The summed E-state index contributed by atoms with van der Waals surface area (Å²) in [6.45, 7) is 9.33. The second-order valence-corrected chi connectivity index (χ2v) is 19.4. The number of aliphatic imine (C=N–C) groups is 1. The molecule has 2 unspecified atom stereocenters. The smallest absolute Gasteiger partial charge is 0.321 e. The van der Waals surface area contributed by atoms with Crippen molar-refractivity contribution in [2.24, 2.45) is 4.99 Å². The number of aliphatic carboxylic acids is 2. The number of aliphatic hydroxyl groups excluding tert-OH is 2. The van der Waals surface area contributed by atoms with Crippen molar-refractivity contribution in [3.8, 4) is 34.1 Å². The average molecular weight is 1090 g/mol. The van der Waals surface area contributed by atoms with Gasteiger partial charge in [0.05, 0.1) is 10.0 Å². The molecule has 2 atom stereocenters. The lowest BCUT2D eigenvalue weighted by Crippen LogP contribution is -2.42. The molecule has 0 fully saturated rings. The summed E-state index contributed by atoms with van der Waals surface area (Å²) in [5, 5.41) is 48.0. The lowest BCUT2D eigenvalue weighted by molar-refractivity contribution is -0.145. The van der Waals surface area contributed by atoms with E-state index in [1.807, 2.05) is 58.0 Å². The van der Waals surface area contributed by atoms with Crippen LogP contribution in [0, 0.1) is 19.3 Å². The van der Waals surface area contributed by atoms with Gasteiger partial charge >= 0.3 is 11.9 Å². The summed E-state index contributed by atoms with van der Waals surface area (Å²) in [5.74, 6) is -0.432. The fraction of sp³-hybridized carbons (Fsp3) is 0.356. The van der Waals surface area contributed by atoms with Crippen molar-refractivity contribution in [3.05, 3.63) is 163 Å². The third kappa shape index (κ3) is 16.3. The van der Waals surface area contributed by atoms with E-state index in [4.69, 9.17) is 47.6 Å². The van der Waals surface area contributed by atoms with Gasteiger partial charge in [-0.25, -0.2) is 0 Å². The summed E-state index contributed by atoms with van der Waals surface area (Å²) in [4.78, 5) is 41.0. The Kier molecular flexibility index (Phi) is 22.8. The minimum atomic E-state index is -1.03. The van der Waals surface area contributed by atoms with E-state index in [0.717, 1.165) is 50.1 Å². The van der Waals surface area contributed by atoms with E-state index in [1.54, 1.807) is 78.2 Å². The number of halogens is 2. The van der Waals surface area contributed by atoms with E-state index in [9.17, 15) is 30.0 Å². The molecule has 18 heteroatoms. The van der Waals surface area contributed by atoms with Crippen LogP contribution in [0.5, 0.6) is 23.0 Å². The topological polar surface area (TPSA) is 220 Å². The Morgan fingerprint density at radius 2 is 1.05 bits per heavy atom. The standard InChI is InChI=1S/C59H68Cl2N6O10/c1-6-16-66(52(14-18-68)58(70)71)32-46-22-50(60)56(24-54(46)74-34-42-20-40(26-62)28-64-30-42)76-36-44-10-8-12-48(38(44)3)49-13-9-11-45(39(49)4)37-77-57-25-55(75-35-43-21-41(27-63-5)29-65-31-43)47(23-51(57)61)33-67(17-7-2)53(15-19-69)59(72)73/h8-13,20-31,52-53,62,68-69H,6-7,14-19,32-37H2,1-5H3,(H,70,71)(H,72,73). The lowest BCUT2D eigenvalue weighted by Gasteiger charge is -2.29. The predicted molar refractivity (Wildman–Crippen MR) is 299 cm³/mol. The molecular weight excluding hydrogens is 1020 g/mol. The number of carboxylic acid groups (broad SMARTS) is 2. The van der Waals surface area contributed by atoms with E-state index >= 15 is 0 Å². The number of rotatable bonds is 31. The Balaban J connectivity index is 1.25. The average Bonchev–Trinajstić information content (AvgIpc) is 3.41. The summed E-state index contributed by atoms with van der Waals surface area (Å²) in [6, 6.07) is 20.9. The first-order chi connectivity index (χ1) is 37.2. The van der Waals surface area contributed by atoms with E-state index in [0.29, 0.717) is 75.7 Å². The summed E-state index contributed by atoms with van der Waals surface area (Å²) in [6.07, 6.45) is 11.0. The highest BCUT2D eigenvalue weighted by atomic mass is 35.5. The molecule has 0 saturated carbocycles. The van der Waals surface area contributed by atoms with Crippen LogP contribution in [-0.4, -0.2) is 110 Å². The molecule has 16 nitrogen and oxygen atoms in total. The van der Waals surface area contributed by atoms with Gasteiger partial charge in [-0.3, -0.25) is 34.3 Å². The van der Waals surface area contributed by atoms with E-state index in [-0.39, 0.29) is 65.6 Å². The van der Waals surface area contributed by atoms with Crippen LogP contribution in [-0.2, 0) is 49.1 Å². The van der Waals surface area contributed by atoms with Crippen LogP contribution in [0.3, 0.4) is 0 Å². The van der Waals surface area contributed by atoms with Crippen LogP contribution in [0.15, 0.2) is 103 Å². The van der Waals surface area contributed by atoms with E-state index < -0.39 is 24.0 Å². The third-order valence-electron chi connectivity index (χ3n) is 13.1. The molecule has 0 saturated heterocycles. The number of aliphatic hydroxyl groups is 2. The molecule has 4 aromatic carbocycles. The molecule has 5 N–H and O–H groups in total. The van der Waals surface area contributed by atoms with Crippen molar-refractivity contribution in [2.75, 3.05) is 33.4 Å². The van der Waals surface area contributed by atoms with Crippen molar-refractivity contribution in [1.82, 2.24) is 19.8 Å². The Labute approximate surface area is 460 Å². The Hall–Kier alpha value is -6.92. The SMILES string of the molecule is CCCN(Cc1cc(Cl)c(OCc2cccc(-c3cccc(COc4cc(OCc5cncc(C=NC)c5)c(CN(CCC)C(CCO)C(=O)O)cc4Cl)c3C)c2C)cc1OCc1cncc(C=N)c1)C(CCO)C(=O)O. The summed E-state index contributed by atoms with van der Waals surface area (Å²) < 4.78 is 25.8. The molecule has 0 radical (unpaired) electrons. The van der Waals surface area contributed by atoms with Gasteiger partial charge in [-0.15, -0.1) is 0 Å². The van der Waals surface area contributed by atoms with Gasteiger partial charge < -0.3 is 44.8 Å². The molecule has 2 aromatic heterocycles. The van der Waals surface area contributed by atoms with Gasteiger partial charge in [-0.05, 0) is 110 Å². The van der Waals surface area contributed by atoms with Gasteiger partial charge in [0, 0.05) is 116 Å². The van der Waals surface area contributed by atoms with Crippen molar-refractivity contribution < 1.29 is 49.0 Å². The first-order valence-electron chi connectivity index (χ1n) is 25.5. The molecule has 77 heavy (non-hydrogen) atoms. The molecule has 0 bridgehead atoms. The van der Waals surface area contributed by atoms with E-state index in [2.05, 4.69) is 27.1 Å². The molecule has 0 aliphatic carbocycles. The molecule has 0 spiro atoms. The predicted octanol–water partition coefficient (Wildman–Crippen LogP) is 10.5. The Morgan fingerprint density at radius 3 is 1.45 bits per heavy atom. The van der Waals surface area contributed by atoms with Crippen LogP contribution in [0.2, 0.25) is 10.0 Å². The van der Waals surface area contributed by atoms with Crippen molar-refractivity contribution >= 4 is 47.6 Å². The van der Waals surface area contributed by atoms with Crippen LogP contribution in [0.4, 0.5) is 0 Å². The number of nitrogens with one attached hydrogen (secondary N) is 1. The second-order valence-electron chi connectivity index (χ2n) is 18.6. The third-order valence-corrected chi connectivity index (χ3v) is 13.7. The van der Waals surface area contributed by atoms with Crippen LogP contribution >= 0.6 is 23.2 Å². The number of hydrogen-bond donors (Lipinski definition) is 5. The highest BCUT2D eigenvalue weighted by Gasteiger charge is 2.28. The van der Waals surface area contributed by atoms with Gasteiger partial charge in [-0.2, -0.15) is 0 Å². The second kappa shape index (κ2) is 29.6. The quantitative estimate of drug-likeness (QED) is 0.0256. The highest BCUT2D eigenvalue weighted by Crippen LogP contribution is 2.38. The van der Waals surface area contributed by atoms with Gasteiger partial charge in [0.15, 0.2) is 0 Å². The minimum absolute atomic E-state index is 0.0525. The summed E-state index contributed by atoms with van der Waals surface area (Å²) in [7, 11) is 1.69. The van der Waals surface area contributed by atoms with Crippen LogP contribution in [0.25, 0.3) is 11.1 Å². The normalized spacial score (nSPS) is 12.2. The zero-order valence-electron chi connectivity index (χ0n) is 44.2. The largest absolute Gasteiger partial charge is 0.488 e. The maximum absolute atomic E-state index is 12.4. The van der Waals surface area contributed by atoms with Gasteiger partial charge in [0.2, 0.25) is 0 Å². The number of carboxylic acids is 2. The molecule has 6 aromatic rings. The number of aromatic nitrogens is 2. The minimum Gasteiger partial charge on any atom is -0.488 e. The highest BCUT2D eigenvalue weighted by molar-refractivity contribution is 6.32. The molecule has 0 amide bonds. The summed E-state index contributed by atoms with van der Waals surface area (Å²) >= 11 is 13.9. The number of ether oxygens (including phenoxy) is 4. The van der Waals surface area contributed by atoms with Crippen LogP contribution in [0.1, 0.15) is 95.2 Å². The summed E-state index contributed by atoms with van der Waals surface area (Å²) in [5.41, 5.74) is 10.0. The monoisotopic (exact) mass is 1090 g/mol. The first-order valence-corrected chi connectivity index (χ1v) is 26.3. The first kappa shape index (κ1) is 59.3. The molecule has 0 aliphatic rings. The van der Waals surface area contributed by atoms with Crippen molar-refractivity contribution in [1.29, 1.82) is 5.41 Å². The maximum atomic E-state index is 12.4. The maximum Gasteiger partial charge on any atom is 0.321 e. The Bertz CT molecular complexity index is 2990. The molecular formula is C59H68Cl2N6O10. The fourth-order valence-electron chi connectivity index (χ4n) is 9.13. The number of benzene rings is 4. The van der Waals surface area contributed by atoms with Gasteiger partial charge in [-0.1, -0.05) is 73.4 Å². The molecule has 6 rings (SSSR count). The van der Waals surface area contributed by atoms with Crippen molar-refractivity contribution in [3.63, 3.8) is 0 Å². The number of carbonyl (C=O) groups is 2. The van der Waals surface area contributed by atoms with Gasteiger partial charge in [0.25, 0.3) is 0 Å². The zero-order valence-corrected chi connectivity index (χ0v) is 45.7. The fourth-order valence-corrected chi connectivity index (χ4v) is 9.61. The molecule has 2 heterocycles. The Morgan fingerprint density at radius 1 is 0.623 bits per heavy atom. The van der Waals surface area contributed by atoms with E-state index in [1.165, 1.54) is 6.21 Å². The number of pyridine rings is 2. The number of hydrogen-bond acceptors (Lipinski definition) is 14.